The molecule has 2 heterocycles. The van der Waals surface area contributed by atoms with Crippen LogP contribution < -0.4 is 4.90 Å². The molecule has 5 heteroatoms. The molecule has 0 unspecified atom stereocenters. The Morgan fingerprint density at radius 1 is 0.840 bits per heavy atom. The number of rotatable bonds is 4. The lowest BCUT2D eigenvalue weighted by Crippen LogP contribution is -2.46. The van der Waals surface area contributed by atoms with Gasteiger partial charge in [-0.15, -0.1) is 10.2 Å². The smallest absolute Gasteiger partial charge is 0.226 e. The third-order valence-electron chi connectivity index (χ3n) is 4.81. The molecule has 0 N–H and O–H groups in total. The zero-order valence-electron chi connectivity index (χ0n) is 14.5. The van der Waals surface area contributed by atoms with E-state index in [-0.39, 0.29) is 0 Å². The van der Waals surface area contributed by atoms with Crippen molar-refractivity contribution in [1.29, 1.82) is 0 Å². The van der Waals surface area contributed by atoms with Crippen LogP contribution in [0, 0.1) is 0 Å². The Hall–Kier alpha value is -2.66. The van der Waals surface area contributed by atoms with Gasteiger partial charge in [-0.1, -0.05) is 54.6 Å². The van der Waals surface area contributed by atoms with Gasteiger partial charge in [0.2, 0.25) is 5.95 Å². The molecule has 0 bridgehead atoms. The molecule has 1 fully saturated rings. The van der Waals surface area contributed by atoms with Gasteiger partial charge in [0, 0.05) is 39.8 Å². The summed E-state index contributed by atoms with van der Waals surface area (Å²) in [5.74, 6) is 0.965. The van der Waals surface area contributed by atoms with Gasteiger partial charge in [0.25, 0.3) is 0 Å². The predicted octanol–water partition coefficient (Wildman–Crippen LogP) is 2.80. The highest BCUT2D eigenvalue weighted by Crippen LogP contribution is 2.20. The molecular weight excluding hydrogens is 310 g/mol. The Morgan fingerprint density at radius 3 is 2.16 bits per heavy atom. The van der Waals surface area contributed by atoms with E-state index in [1.165, 1.54) is 16.7 Å². The molecule has 1 aromatic heterocycles. The van der Waals surface area contributed by atoms with Gasteiger partial charge in [-0.2, -0.15) is 0 Å². The second kappa shape index (κ2) is 7.07. The summed E-state index contributed by atoms with van der Waals surface area (Å²) in [4.78, 5) is 4.81. The van der Waals surface area contributed by atoms with Crippen molar-refractivity contribution in [3.63, 3.8) is 0 Å². The molecule has 0 spiro atoms. The van der Waals surface area contributed by atoms with Crippen LogP contribution in [-0.4, -0.2) is 45.8 Å². The van der Waals surface area contributed by atoms with E-state index < -0.39 is 0 Å². The fourth-order valence-corrected chi connectivity index (χ4v) is 3.36. The van der Waals surface area contributed by atoms with Gasteiger partial charge in [-0.3, -0.25) is 4.90 Å². The minimum Gasteiger partial charge on any atom is -0.338 e. The number of aromatic nitrogens is 3. The monoisotopic (exact) mass is 333 g/mol. The Morgan fingerprint density at radius 2 is 1.52 bits per heavy atom. The number of hydrogen-bond acceptors (Lipinski definition) is 4. The third-order valence-corrected chi connectivity index (χ3v) is 4.81. The van der Waals surface area contributed by atoms with Gasteiger partial charge >= 0.3 is 0 Å². The maximum absolute atomic E-state index is 4.21. The lowest BCUT2D eigenvalue weighted by molar-refractivity contribution is 0.248. The van der Waals surface area contributed by atoms with Crippen LogP contribution in [0.1, 0.15) is 5.56 Å². The molecule has 128 valence electrons. The summed E-state index contributed by atoms with van der Waals surface area (Å²) in [6.45, 7) is 5.09. The largest absolute Gasteiger partial charge is 0.338 e. The van der Waals surface area contributed by atoms with Gasteiger partial charge in [0.15, 0.2) is 0 Å². The van der Waals surface area contributed by atoms with Crippen molar-refractivity contribution < 1.29 is 0 Å². The van der Waals surface area contributed by atoms with E-state index in [1.54, 1.807) is 6.33 Å². The van der Waals surface area contributed by atoms with Crippen molar-refractivity contribution in [3.8, 4) is 11.1 Å². The van der Waals surface area contributed by atoms with Crippen molar-refractivity contribution in [2.45, 2.75) is 6.54 Å². The lowest BCUT2D eigenvalue weighted by Gasteiger charge is -2.34. The van der Waals surface area contributed by atoms with Crippen LogP contribution >= 0.6 is 0 Å². The van der Waals surface area contributed by atoms with Crippen molar-refractivity contribution in [3.05, 3.63) is 66.5 Å². The fourth-order valence-electron chi connectivity index (χ4n) is 3.36. The molecule has 1 saturated heterocycles. The number of benzene rings is 2. The Bertz CT molecular complexity index is 802. The molecule has 1 aliphatic heterocycles. The second-order valence-corrected chi connectivity index (χ2v) is 6.57. The highest BCUT2D eigenvalue weighted by Gasteiger charge is 2.20. The number of anilines is 1. The third kappa shape index (κ3) is 3.56. The van der Waals surface area contributed by atoms with E-state index in [0.717, 1.165) is 38.7 Å². The molecule has 5 nitrogen and oxygen atoms in total. The first-order valence-electron chi connectivity index (χ1n) is 8.75. The molecule has 0 radical (unpaired) electrons. The van der Waals surface area contributed by atoms with Crippen molar-refractivity contribution in [1.82, 2.24) is 19.7 Å². The van der Waals surface area contributed by atoms with Crippen LogP contribution in [-0.2, 0) is 13.6 Å². The quantitative estimate of drug-likeness (QED) is 0.736. The van der Waals surface area contributed by atoms with Gasteiger partial charge in [-0.05, 0) is 16.7 Å². The van der Waals surface area contributed by atoms with Gasteiger partial charge < -0.3 is 9.47 Å². The first-order valence-corrected chi connectivity index (χ1v) is 8.75. The maximum atomic E-state index is 4.21. The summed E-state index contributed by atoms with van der Waals surface area (Å²) < 4.78 is 1.98. The minimum atomic E-state index is 0.965. The van der Waals surface area contributed by atoms with Crippen LogP contribution in [0.5, 0.6) is 0 Å². The van der Waals surface area contributed by atoms with E-state index in [2.05, 4.69) is 74.6 Å². The van der Waals surface area contributed by atoms with E-state index in [9.17, 15) is 0 Å². The summed E-state index contributed by atoms with van der Waals surface area (Å²) in [5.41, 5.74) is 3.91. The standard InChI is InChI=1S/C20H23N5/c1-23-16-21-22-20(23)25-13-11-24(12-14-25)15-17-7-9-19(10-8-17)18-5-3-2-4-6-18/h2-10,16H,11-15H2,1H3. The van der Waals surface area contributed by atoms with Crippen LogP contribution in [0.3, 0.4) is 0 Å². The van der Waals surface area contributed by atoms with Gasteiger partial charge in [0.05, 0.1) is 0 Å². The number of aryl methyl sites for hydroxylation is 1. The highest BCUT2D eigenvalue weighted by molar-refractivity contribution is 5.63. The molecule has 0 saturated carbocycles. The Kier molecular flexibility index (Phi) is 4.48. The van der Waals surface area contributed by atoms with Crippen molar-refractivity contribution in [2.24, 2.45) is 7.05 Å². The zero-order chi connectivity index (χ0) is 17.1. The van der Waals surface area contributed by atoms with Crippen molar-refractivity contribution in [2.75, 3.05) is 31.1 Å². The SMILES string of the molecule is Cn1cnnc1N1CCN(Cc2ccc(-c3ccccc3)cc2)CC1. The second-order valence-electron chi connectivity index (χ2n) is 6.57. The summed E-state index contributed by atoms with van der Waals surface area (Å²) in [6.07, 6.45) is 1.76. The molecule has 0 atom stereocenters. The van der Waals surface area contributed by atoms with E-state index in [4.69, 9.17) is 0 Å². The van der Waals surface area contributed by atoms with Crippen LogP contribution in [0.15, 0.2) is 60.9 Å². The Balaban J connectivity index is 1.35. The van der Waals surface area contributed by atoms with E-state index in [0.29, 0.717) is 0 Å². The predicted molar refractivity (Wildman–Crippen MR) is 100 cm³/mol. The molecule has 1 aliphatic rings. The van der Waals surface area contributed by atoms with Crippen LogP contribution in [0.4, 0.5) is 5.95 Å². The molecule has 25 heavy (non-hydrogen) atoms. The molecule has 0 aliphatic carbocycles. The number of hydrogen-bond donors (Lipinski definition) is 0. The van der Waals surface area contributed by atoms with Crippen LogP contribution in [0.25, 0.3) is 11.1 Å². The molecule has 3 aromatic rings. The fraction of sp³-hybridized carbons (Fsp3) is 0.300. The maximum Gasteiger partial charge on any atom is 0.226 e. The molecular formula is C20H23N5. The molecule has 2 aromatic carbocycles. The van der Waals surface area contributed by atoms with Gasteiger partial charge in [0.1, 0.15) is 6.33 Å². The lowest BCUT2D eigenvalue weighted by atomic mass is 10.0. The first-order chi connectivity index (χ1) is 12.3. The molecule has 0 amide bonds. The minimum absolute atomic E-state index is 0.965. The number of piperazine rings is 1. The van der Waals surface area contributed by atoms with Crippen LogP contribution in [0.2, 0.25) is 0 Å². The van der Waals surface area contributed by atoms with Crippen molar-refractivity contribution >= 4 is 5.95 Å². The van der Waals surface area contributed by atoms with E-state index >= 15 is 0 Å². The zero-order valence-corrected chi connectivity index (χ0v) is 14.5. The molecule has 4 rings (SSSR count). The Labute approximate surface area is 148 Å². The average molecular weight is 333 g/mol. The highest BCUT2D eigenvalue weighted by atomic mass is 15.4. The van der Waals surface area contributed by atoms with E-state index in [1.807, 2.05) is 11.6 Å². The summed E-state index contributed by atoms with van der Waals surface area (Å²) in [6, 6.07) is 19.5. The average Bonchev–Trinajstić information content (AvgIpc) is 3.10. The topological polar surface area (TPSA) is 37.2 Å². The summed E-state index contributed by atoms with van der Waals surface area (Å²) in [7, 11) is 2.00. The number of nitrogens with zero attached hydrogens (tertiary/aromatic N) is 5. The summed E-state index contributed by atoms with van der Waals surface area (Å²) >= 11 is 0. The first kappa shape index (κ1) is 15.8. The summed E-state index contributed by atoms with van der Waals surface area (Å²) in [5, 5.41) is 8.18. The normalized spacial score (nSPS) is 15.5. The van der Waals surface area contributed by atoms with Gasteiger partial charge in [-0.25, -0.2) is 0 Å².